The standard InChI is InChI=1S/C44H39ClFN5O5/c1-47-16-18-48(19-17-47)25-32-20-28-6-2-3-7-29(28)24-49(32)43(53)35-22-41-42(56-27-55-41)23-40(35)50-26-36(34-8-4-5-9-39(34)50)44(54)51(30-10-13-33(52)14-11-30)31-12-15-38(46)37(45)21-31/h2-15,21-23,26,32,52H,16-20,24-25,27H2,1H3/t32-/m0/s1. The van der Waals surface area contributed by atoms with Gasteiger partial charge in [0, 0.05) is 68.6 Å². The van der Waals surface area contributed by atoms with Crippen LogP contribution in [0.5, 0.6) is 17.2 Å². The maximum absolute atomic E-state index is 15.2. The molecule has 3 aliphatic heterocycles. The second-order valence-corrected chi connectivity index (χ2v) is 15.0. The Morgan fingerprint density at radius 3 is 2.30 bits per heavy atom. The molecule has 1 saturated heterocycles. The van der Waals surface area contributed by atoms with Crippen molar-refractivity contribution in [2.45, 2.75) is 19.0 Å². The number of aromatic nitrogens is 1. The Morgan fingerprint density at radius 2 is 1.54 bits per heavy atom. The quantitative estimate of drug-likeness (QED) is 0.178. The van der Waals surface area contributed by atoms with Crippen LogP contribution in [0.15, 0.2) is 109 Å². The number of carbonyl (C=O) groups excluding carboxylic acids is 2. The summed E-state index contributed by atoms with van der Waals surface area (Å²) in [7, 11) is 2.14. The van der Waals surface area contributed by atoms with Gasteiger partial charge in [0.2, 0.25) is 6.79 Å². The first kappa shape index (κ1) is 35.8. The lowest BCUT2D eigenvalue weighted by molar-refractivity contribution is 0.0535. The monoisotopic (exact) mass is 771 g/mol. The van der Waals surface area contributed by atoms with Crippen molar-refractivity contribution >= 4 is 45.7 Å². The van der Waals surface area contributed by atoms with Crippen LogP contribution in [-0.2, 0) is 13.0 Å². The first-order valence-corrected chi connectivity index (χ1v) is 19.0. The summed E-state index contributed by atoms with van der Waals surface area (Å²) in [6, 6.07) is 29.6. The molecule has 6 aromatic rings. The van der Waals surface area contributed by atoms with E-state index >= 15 is 4.79 Å². The average molecular weight is 772 g/mol. The zero-order chi connectivity index (χ0) is 38.5. The Morgan fingerprint density at radius 1 is 0.839 bits per heavy atom. The summed E-state index contributed by atoms with van der Waals surface area (Å²) in [6.45, 7) is 5.05. The van der Waals surface area contributed by atoms with Crippen molar-refractivity contribution < 1.29 is 28.6 Å². The van der Waals surface area contributed by atoms with Crippen LogP contribution < -0.4 is 14.4 Å². The highest BCUT2D eigenvalue weighted by molar-refractivity contribution is 6.31. The Kier molecular flexibility index (Phi) is 9.36. The van der Waals surface area contributed by atoms with Gasteiger partial charge in [-0.2, -0.15) is 0 Å². The maximum Gasteiger partial charge on any atom is 0.265 e. The number of hydrogen-bond donors (Lipinski definition) is 1. The number of piperazine rings is 1. The van der Waals surface area contributed by atoms with E-state index in [0.717, 1.165) is 44.7 Å². The number of rotatable bonds is 7. The van der Waals surface area contributed by atoms with Crippen molar-refractivity contribution in [3.63, 3.8) is 0 Å². The normalized spacial score (nSPS) is 16.9. The molecule has 0 spiro atoms. The zero-order valence-corrected chi connectivity index (χ0v) is 31.5. The van der Waals surface area contributed by atoms with Gasteiger partial charge < -0.3 is 28.9 Å². The van der Waals surface area contributed by atoms with Crippen LogP contribution in [-0.4, -0.2) is 88.8 Å². The molecule has 10 nitrogen and oxygen atoms in total. The molecule has 0 aliphatic carbocycles. The number of aromatic hydroxyl groups is 1. The van der Waals surface area contributed by atoms with E-state index in [0.29, 0.717) is 57.1 Å². The summed E-state index contributed by atoms with van der Waals surface area (Å²) in [6.07, 6.45) is 2.47. The lowest BCUT2D eigenvalue weighted by Crippen LogP contribution is -2.53. The van der Waals surface area contributed by atoms with E-state index < -0.39 is 11.7 Å². The Hall–Kier alpha value is -5.88. The third kappa shape index (κ3) is 6.61. The van der Waals surface area contributed by atoms with E-state index in [1.807, 2.05) is 39.8 Å². The third-order valence-electron chi connectivity index (χ3n) is 11.1. The summed E-state index contributed by atoms with van der Waals surface area (Å²) in [5.74, 6) is -0.200. The molecule has 5 aromatic carbocycles. The molecule has 56 heavy (non-hydrogen) atoms. The van der Waals surface area contributed by atoms with E-state index in [-0.39, 0.29) is 29.5 Å². The van der Waals surface area contributed by atoms with E-state index in [1.165, 1.54) is 40.8 Å². The minimum absolute atomic E-state index is 0.0213. The molecule has 1 fully saturated rings. The summed E-state index contributed by atoms with van der Waals surface area (Å²) >= 11 is 6.24. The number of nitrogens with zero attached hydrogens (tertiary/aromatic N) is 5. The molecule has 1 atom stereocenters. The fourth-order valence-corrected chi connectivity index (χ4v) is 8.23. The molecule has 0 radical (unpaired) electrons. The highest BCUT2D eigenvalue weighted by atomic mass is 35.5. The van der Waals surface area contributed by atoms with Crippen LogP contribution in [0, 0.1) is 5.82 Å². The fraction of sp³-hybridized carbons (Fsp3) is 0.227. The van der Waals surface area contributed by atoms with Crippen LogP contribution in [0.25, 0.3) is 16.6 Å². The van der Waals surface area contributed by atoms with Gasteiger partial charge in [-0.3, -0.25) is 19.4 Å². The number of phenols is 1. The minimum atomic E-state index is -0.618. The first-order valence-electron chi connectivity index (χ1n) is 18.6. The molecule has 3 aliphatic rings. The molecular formula is C44H39ClFN5O5. The summed E-state index contributed by atoms with van der Waals surface area (Å²) in [5.41, 5.74) is 5.09. The van der Waals surface area contributed by atoms with Crippen molar-refractivity contribution in [3.8, 4) is 22.9 Å². The summed E-state index contributed by atoms with van der Waals surface area (Å²) in [4.78, 5) is 38.3. The fourth-order valence-electron chi connectivity index (χ4n) is 8.05. The van der Waals surface area contributed by atoms with Crippen molar-refractivity contribution in [3.05, 3.63) is 142 Å². The van der Waals surface area contributed by atoms with Crippen LogP contribution in [0.3, 0.4) is 0 Å². The molecule has 4 heterocycles. The largest absolute Gasteiger partial charge is 0.508 e. The number of ether oxygens (including phenoxy) is 2. The summed E-state index contributed by atoms with van der Waals surface area (Å²) in [5, 5.41) is 10.6. The molecule has 0 bridgehead atoms. The van der Waals surface area contributed by atoms with Crippen molar-refractivity contribution in [1.29, 1.82) is 0 Å². The van der Waals surface area contributed by atoms with Gasteiger partial charge in [-0.25, -0.2) is 4.39 Å². The predicted octanol–water partition coefficient (Wildman–Crippen LogP) is 7.65. The molecule has 2 amide bonds. The van der Waals surface area contributed by atoms with Crippen molar-refractivity contribution in [2.24, 2.45) is 0 Å². The number of fused-ring (bicyclic) bond motifs is 3. The predicted molar refractivity (Wildman–Crippen MR) is 213 cm³/mol. The average Bonchev–Trinajstić information content (AvgIpc) is 3.84. The van der Waals surface area contributed by atoms with Crippen molar-refractivity contribution in [2.75, 3.05) is 51.5 Å². The van der Waals surface area contributed by atoms with E-state index in [9.17, 15) is 14.3 Å². The molecule has 9 rings (SSSR count). The van der Waals surface area contributed by atoms with Crippen LogP contribution in [0.4, 0.5) is 15.8 Å². The lowest BCUT2D eigenvalue weighted by atomic mass is 9.92. The highest BCUT2D eigenvalue weighted by Gasteiger charge is 2.35. The number of para-hydroxylation sites is 1. The minimum Gasteiger partial charge on any atom is -0.508 e. The van der Waals surface area contributed by atoms with E-state index in [1.54, 1.807) is 30.5 Å². The Labute approximate surface area is 328 Å². The molecule has 284 valence electrons. The number of halogens is 2. The second kappa shape index (κ2) is 14.6. The van der Waals surface area contributed by atoms with E-state index in [2.05, 4.69) is 35.0 Å². The van der Waals surface area contributed by atoms with Crippen LogP contribution in [0.2, 0.25) is 5.02 Å². The Bertz CT molecular complexity index is 2480. The summed E-state index contributed by atoms with van der Waals surface area (Å²) < 4.78 is 27.9. The van der Waals surface area contributed by atoms with Gasteiger partial charge in [-0.15, -0.1) is 0 Å². The molecule has 1 N–H and O–H groups in total. The number of carbonyl (C=O) groups is 2. The molecule has 1 aromatic heterocycles. The molecular weight excluding hydrogens is 733 g/mol. The van der Waals surface area contributed by atoms with Gasteiger partial charge in [0.25, 0.3) is 11.8 Å². The number of amides is 2. The number of likely N-dealkylation sites (N-methyl/N-ethyl adjacent to an activating group) is 1. The SMILES string of the molecule is CN1CCN(C[C@@H]2Cc3ccccc3CN2C(=O)c2cc3c(cc2-n2cc(C(=O)N(c4ccc(O)cc4)c4ccc(F)c(Cl)c4)c4ccccc42)OCO3)CC1. The first-order chi connectivity index (χ1) is 27.2. The molecule has 12 heteroatoms. The number of anilines is 2. The van der Waals surface area contributed by atoms with Gasteiger partial charge in [0.05, 0.1) is 33.0 Å². The highest BCUT2D eigenvalue weighted by Crippen LogP contribution is 2.40. The van der Waals surface area contributed by atoms with Gasteiger partial charge >= 0.3 is 0 Å². The lowest BCUT2D eigenvalue weighted by Gasteiger charge is -2.41. The number of phenolic OH excluding ortho intramolecular Hbond substituents is 1. The van der Waals surface area contributed by atoms with Crippen LogP contribution >= 0.6 is 11.6 Å². The van der Waals surface area contributed by atoms with Gasteiger partial charge in [0.15, 0.2) is 11.5 Å². The molecule has 0 unspecified atom stereocenters. The van der Waals surface area contributed by atoms with Gasteiger partial charge in [0.1, 0.15) is 11.6 Å². The third-order valence-corrected chi connectivity index (χ3v) is 11.4. The van der Waals surface area contributed by atoms with E-state index in [4.69, 9.17) is 21.1 Å². The number of benzene rings is 5. The smallest absolute Gasteiger partial charge is 0.265 e. The zero-order valence-electron chi connectivity index (χ0n) is 30.7. The second-order valence-electron chi connectivity index (χ2n) is 14.6. The van der Waals surface area contributed by atoms with Crippen molar-refractivity contribution in [1.82, 2.24) is 19.3 Å². The Balaban J connectivity index is 1.16. The molecule has 0 saturated carbocycles. The van der Waals surface area contributed by atoms with Gasteiger partial charge in [-0.1, -0.05) is 54.1 Å². The number of hydrogen-bond acceptors (Lipinski definition) is 7. The van der Waals surface area contributed by atoms with Crippen LogP contribution in [0.1, 0.15) is 31.8 Å². The maximum atomic E-state index is 15.2. The van der Waals surface area contributed by atoms with Gasteiger partial charge in [-0.05, 0) is 79.2 Å². The topological polar surface area (TPSA) is 90.7 Å².